The fraction of sp³-hybridized carbons (Fsp3) is 0.464. The summed E-state index contributed by atoms with van der Waals surface area (Å²) in [7, 11) is 0. The largest absolute Gasteiger partial charge is 0.508 e. The second-order valence-corrected chi connectivity index (χ2v) is 10.6. The molecule has 0 bridgehead atoms. The Labute approximate surface area is 224 Å². The molecule has 0 unspecified atom stereocenters. The topological polar surface area (TPSA) is 218 Å². The van der Waals surface area contributed by atoms with Gasteiger partial charge in [0.2, 0.25) is 11.7 Å². The number of aromatic hydroxyl groups is 1. The lowest BCUT2D eigenvalue weighted by atomic mass is 9.51. The molecule has 1 fully saturated rings. The third-order valence-corrected chi connectivity index (χ3v) is 8.32. The molecule has 0 aliphatic heterocycles. The molecule has 11 nitrogen and oxygen atoms in total. The van der Waals surface area contributed by atoms with Crippen LogP contribution >= 0.6 is 0 Å². The molecule has 0 saturated heterocycles. The highest BCUT2D eigenvalue weighted by Crippen LogP contribution is 2.59. The van der Waals surface area contributed by atoms with Crippen LogP contribution in [0.3, 0.4) is 0 Å². The molecule has 8 N–H and O–H groups in total. The molecule has 3 aliphatic carbocycles. The van der Waals surface area contributed by atoms with Crippen molar-refractivity contribution in [1.82, 2.24) is 0 Å². The summed E-state index contributed by atoms with van der Waals surface area (Å²) in [6.07, 6.45) is 1.26. The number of nitrogens with two attached hydrogens (primary N) is 2. The Balaban J connectivity index is 2.01. The maximum Gasteiger partial charge on any atom is 0.255 e. The third kappa shape index (κ3) is 4.40. The van der Waals surface area contributed by atoms with Gasteiger partial charge in [0.15, 0.2) is 11.4 Å². The van der Waals surface area contributed by atoms with Crippen molar-refractivity contribution in [2.24, 2.45) is 29.2 Å². The lowest BCUT2D eigenvalue weighted by Gasteiger charge is -2.53. The summed E-state index contributed by atoms with van der Waals surface area (Å²) in [6.45, 7) is 2.01. The van der Waals surface area contributed by atoms with E-state index in [-0.39, 0.29) is 16.9 Å². The summed E-state index contributed by atoms with van der Waals surface area (Å²) in [5, 5.41) is 44.8. The molecule has 1 aromatic carbocycles. The Hall–Kier alpha value is -3.99. The molecule has 2 amide bonds. The zero-order chi connectivity index (χ0) is 28.8. The van der Waals surface area contributed by atoms with E-state index in [1.54, 1.807) is 12.1 Å². The van der Waals surface area contributed by atoms with Crippen LogP contribution in [-0.4, -0.2) is 55.2 Å². The van der Waals surface area contributed by atoms with Crippen LogP contribution in [0.15, 0.2) is 35.1 Å². The molecule has 11 heteroatoms. The maximum absolute atomic E-state index is 14.1. The molecule has 208 valence electrons. The minimum atomic E-state index is -2.86. The Bertz CT molecular complexity index is 1340. The lowest BCUT2D eigenvalue weighted by molar-refractivity contribution is -0.156. The molecule has 1 saturated carbocycles. The number of phenolic OH excluding ortho intramolecular Hbond substituents is 1. The molecule has 0 radical (unpaired) electrons. The number of benzene rings is 1. The highest BCUT2D eigenvalue weighted by atomic mass is 16.3. The number of hydrogen-bond donors (Lipinski definition) is 6. The van der Waals surface area contributed by atoms with E-state index in [1.807, 2.05) is 6.92 Å². The fourth-order valence-corrected chi connectivity index (χ4v) is 6.73. The molecular formula is C28H32N2O9. The number of rotatable bonds is 9. The number of ketones is 3. The highest BCUT2D eigenvalue weighted by molar-refractivity contribution is 6.23. The van der Waals surface area contributed by atoms with Crippen LogP contribution in [0.4, 0.5) is 0 Å². The van der Waals surface area contributed by atoms with Crippen LogP contribution < -0.4 is 11.5 Å². The minimum absolute atomic E-state index is 0.00617. The third-order valence-electron chi connectivity index (χ3n) is 8.32. The smallest absolute Gasteiger partial charge is 0.255 e. The Morgan fingerprint density at radius 3 is 2.38 bits per heavy atom. The molecule has 0 aromatic heterocycles. The second kappa shape index (κ2) is 10.3. The Morgan fingerprint density at radius 2 is 1.77 bits per heavy atom. The van der Waals surface area contributed by atoms with Crippen LogP contribution in [0.5, 0.6) is 5.75 Å². The summed E-state index contributed by atoms with van der Waals surface area (Å²) in [5.41, 5.74) is 6.91. The number of primary amides is 2. The van der Waals surface area contributed by atoms with Crippen molar-refractivity contribution < 1.29 is 44.4 Å². The summed E-state index contributed by atoms with van der Waals surface area (Å²) < 4.78 is 0. The molecule has 4 rings (SSSR count). The average Bonchev–Trinajstić information content (AvgIpc) is 2.84. The van der Waals surface area contributed by atoms with E-state index < -0.39 is 94.8 Å². The van der Waals surface area contributed by atoms with Gasteiger partial charge in [0.25, 0.3) is 5.91 Å². The molecule has 1 aromatic rings. The van der Waals surface area contributed by atoms with E-state index in [4.69, 9.17) is 11.5 Å². The monoisotopic (exact) mass is 540 g/mol. The minimum Gasteiger partial charge on any atom is -0.508 e. The van der Waals surface area contributed by atoms with Gasteiger partial charge < -0.3 is 31.9 Å². The molecule has 0 spiro atoms. The number of unbranched alkanes of at least 4 members (excludes halogenated alkanes) is 2. The first-order valence-electron chi connectivity index (χ1n) is 12.9. The van der Waals surface area contributed by atoms with E-state index >= 15 is 0 Å². The van der Waals surface area contributed by atoms with Crippen molar-refractivity contribution >= 4 is 34.9 Å². The quantitative estimate of drug-likeness (QED) is 0.152. The summed E-state index contributed by atoms with van der Waals surface area (Å²) in [6, 6.07) is 4.62. The highest BCUT2D eigenvalue weighted by Gasteiger charge is 2.65. The predicted octanol–water partition coefficient (Wildman–Crippen LogP) is 1.61. The first-order valence-corrected chi connectivity index (χ1v) is 12.9. The van der Waals surface area contributed by atoms with Crippen molar-refractivity contribution in [3.8, 4) is 5.75 Å². The number of phenols is 1. The maximum atomic E-state index is 14.1. The van der Waals surface area contributed by atoms with E-state index in [1.165, 1.54) is 6.07 Å². The number of hydrogen-bond acceptors (Lipinski definition) is 9. The Kier molecular flexibility index (Phi) is 7.40. The summed E-state index contributed by atoms with van der Waals surface area (Å²) in [5.74, 6) is -10.9. The summed E-state index contributed by atoms with van der Waals surface area (Å²) >= 11 is 0. The fourth-order valence-electron chi connectivity index (χ4n) is 6.73. The molecule has 39 heavy (non-hydrogen) atoms. The first-order chi connectivity index (χ1) is 18.4. The molecule has 5 atom stereocenters. The number of carbonyl (C=O) groups excluding carboxylic acids is 5. The zero-order valence-electron chi connectivity index (χ0n) is 21.5. The van der Waals surface area contributed by atoms with Gasteiger partial charge in [-0.25, -0.2) is 0 Å². The number of carbonyl (C=O) groups is 5. The van der Waals surface area contributed by atoms with E-state index in [2.05, 4.69) is 0 Å². The van der Waals surface area contributed by atoms with Crippen molar-refractivity contribution in [2.75, 3.05) is 0 Å². The van der Waals surface area contributed by atoms with Crippen molar-refractivity contribution in [3.63, 3.8) is 0 Å². The number of aliphatic hydroxyl groups is 3. The zero-order valence-corrected chi connectivity index (χ0v) is 21.5. The van der Waals surface area contributed by atoms with Gasteiger partial charge in [-0.2, -0.15) is 0 Å². The van der Waals surface area contributed by atoms with E-state index in [0.717, 1.165) is 12.8 Å². The average molecular weight is 541 g/mol. The van der Waals surface area contributed by atoms with Crippen molar-refractivity contribution in [3.05, 3.63) is 46.2 Å². The van der Waals surface area contributed by atoms with Gasteiger partial charge in [0, 0.05) is 30.3 Å². The van der Waals surface area contributed by atoms with Gasteiger partial charge >= 0.3 is 0 Å². The number of Topliss-reactive ketones (excluding diaryl/α,β-unsaturated/α-hetero) is 3. The normalized spacial score (nSPS) is 28.1. The van der Waals surface area contributed by atoms with Crippen LogP contribution in [-0.2, 0) is 24.0 Å². The van der Waals surface area contributed by atoms with Crippen LogP contribution in [0.1, 0.15) is 68.9 Å². The number of amides is 2. The van der Waals surface area contributed by atoms with Crippen LogP contribution in [0, 0.1) is 17.8 Å². The molecule has 3 aliphatic rings. The number of aliphatic hydroxyl groups excluding tert-OH is 2. The van der Waals surface area contributed by atoms with Gasteiger partial charge in [-0.15, -0.1) is 0 Å². The standard InChI is InChI=1S/C28H32N2O9/c1-2-3-4-6-13-14-7-5-8-17(32)21(14)24(35)23-20(13)15(9-12(31)10-19(29)34)16-11-18(33)22(27(30)38)25(36)28(16,39)26(23)37/h5,7-8,13,15-16,20,32,35-36,39H,2-4,6,9-11H2,1H3,(H2,29,34)(H2,30,38)/t13-,15+,16+,20-,28+/m0/s1. The first kappa shape index (κ1) is 28.0. The summed E-state index contributed by atoms with van der Waals surface area (Å²) in [4.78, 5) is 63.4. The van der Waals surface area contributed by atoms with Crippen LogP contribution in [0.2, 0.25) is 0 Å². The van der Waals surface area contributed by atoms with Gasteiger partial charge in [-0.1, -0.05) is 38.3 Å². The van der Waals surface area contributed by atoms with Gasteiger partial charge in [-0.05, 0) is 29.9 Å². The van der Waals surface area contributed by atoms with E-state index in [9.17, 15) is 44.4 Å². The van der Waals surface area contributed by atoms with Gasteiger partial charge in [0.05, 0.1) is 12.0 Å². The predicted molar refractivity (Wildman–Crippen MR) is 137 cm³/mol. The van der Waals surface area contributed by atoms with Gasteiger partial charge in [-0.3, -0.25) is 24.0 Å². The number of fused-ring (bicyclic) bond motifs is 3. The van der Waals surface area contributed by atoms with Gasteiger partial charge in [0.1, 0.15) is 28.6 Å². The van der Waals surface area contributed by atoms with Crippen molar-refractivity contribution in [2.45, 2.75) is 63.4 Å². The molecule has 0 heterocycles. The second-order valence-electron chi connectivity index (χ2n) is 10.6. The Morgan fingerprint density at radius 1 is 1.08 bits per heavy atom. The van der Waals surface area contributed by atoms with Crippen molar-refractivity contribution in [1.29, 1.82) is 0 Å². The SMILES string of the molecule is CCCCC[C@H]1c2cccc(O)c2C(O)=C2C(=O)[C@]3(O)C(O)=C(C(N)=O)C(=O)C[C@@H]3[C@@H](CC(=O)CC(N)=O)[C@@H]21. The van der Waals surface area contributed by atoms with E-state index in [0.29, 0.717) is 18.4 Å². The molecular weight excluding hydrogens is 508 g/mol. The lowest BCUT2D eigenvalue weighted by Crippen LogP contribution is -2.62. The van der Waals surface area contributed by atoms with Crippen LogP contribution in [0.25, 0.3) is 5.76 Å².